The number of carbonyl (C=O) groups excluding carboxylic acids is 1. The number of aryl methyl sites for hydroxylation is 1. The summed E-state index contributed by atoms with van der Waals surface area (Å²) in [7, 11) is 1.55. The SMILES string of the molecule is CC(=O)Nc1cc(C(C)Nc2ncnc3c2cc(C2CCCN(C(=O)O)C2)c(=O)n3C)cc(C(F)(F)F)c1. The third kappa shape index (κ3) is 5.55. The van der Waals surface area contributed by atoms with Crippen LogP contribution in [0.3, 0.4) is 0 Å². The molecule has 2 amide bonds. The average molecular weight is 533 g/mol. The van der Waals surface area contributed by atoms with Gasteiger partial charge in [0.15, 0.2) is 0 Å². The first-order valence-corrected chi connectivity index (χ1v) is 11.9. The highest BCUT2D eigenvalue weighted by Crippen LogP contribution is 2.35. The molecule has 0 saturated carbocycles. The predicted molar refractivity (Wildman–Crippen MR) is 134 cm³/mol. The number of pyridine rings is 1. The standard InChI is InChI=1S/C25H27F3N6O4/c1-13(16-7-17(25(26,27)28)9-18(8-16)32-14(2)35)31-21-20-10-19(15-5-4-6-34(11-15)24(37)38)23(36)33(3)22(20)30-12-29-21/h7-10,12-13,15H,4-6,11H2,1-3H3,(H,32,35)(H,37,38)(H,29,30,31). The number of anilines is 2. The van der Waals surface area contributed by atoms with Crippen molar-refractivity contribution < 1.29 is 27.9 Å². The number of carboxylic acid groups (broad SMARTS) is 1. The minimum Gasteiger partial charge on any atom is -0.465 e. The molecule has 13 heteroatoms. The van der Waals surface area contributed by atoms with Crippen LogP contribution in [0.5, 0.6) is 0 Å². The zero-order valence-electron chi connectivity index (χ0n) is 21.0. The van der Waals surface area contributed by atoms with Gasteiger partial charge >= 0.3 is 12.3 Å². The number of aromatic nitrogens is 3. The smallest absolute Gasteiger partial charge is 0.416 e. The zero-order valence-corrected chi connectivity index (χ0v) is 21.0. The lowest BCUT2D eigenvalue weighted by atomic mass is 9.91. The number of likely N-dealkylation sites (tertiary alicyclic amines) is 1. The molecule has 3 aromatic rings. The molecule has 1 aromatic carbocycles. The van der Waals surface area contributed by atoms with Gasteiger partial charge in [0.1, 0.15) is 17.8 Å². The van der Waals surface area contributed by atoms with Crippen LogP contribution in [-0.4, -0.2) is 49.6 Å². The molecule has 2 aromatic heterocycles. The third-order valence-corrected chi connectivity index (χ3v) is 6.62. The fraction of sp³-hybridized carbons (Fsp3) is 0.400. The molecule has 2 unspecified atom stereocenters. The van der Waals surface area contributed by atoms with Crippen LogP contribution in [0.15, 0.2) is 35.4 Å². The number of fused-ring (bicyclic) bond motifs is 1. The molecule has 2 atom stereocenters. The summed E-state index contributed by atoms with van der Waals surface area (Å²) in [5.41, 5.74) is -0.214. The summed E-state index contributed by atoms with van der Waals surface area (Å²) < 4.78 is 42.0. The first kappa shape index (κ1) is 26.9. The number of rotatable bonds is 5. The number of hydrogen-bond acceptors (Lipinski definition) is 6. The number of carbonyl (C=O) groups is 2. The Morgan fingerprint density at radius 1 is 1.18 bits per heavy atom. The summed E-state index contributed by atoms with van der Waals surface area (Å²) in [6, 6.07) is 4.26. The number of nitrogens with zero attached hydrogens (tertiary/aromatic N) is 4. The second-order valence-corrected chi connectivity index (χ2v) is 9.38. The number of piperidine rings is 1. The van der Waals surface area contributed by atoms with E-state index in [1.807, 2.05) is 0 Å². The molecule has 0 bridgehead atoms. The van der Waals surface area contributed by atoms with E-state index in [0.717, 1.165) is 12.1 Å². The third-order valence-electron chi connectivity index (χ3n) is 6.62. The van der Waals surface area contributed by atoms with Crippen LogP contribution < -0.4 is 16.2 Å². The molecule has 0 spiro atoms. The Morgan fingerprint density at radius 3 is 2.58 bits per heavy atom. The number of nitrogens with one attached hydrogen (secondary N) is 2. The maximum atomic E-state index is 13.5. The van der Waals surface area contributed by atoms with E-state index in [0.29, 0.717) is 41.8 Å². The van der Waals surface area contributed by atoms with E-state index in [2.05, 4.69) is 20.6 Å². The van der Waals surface area contributed by atoms with Crippen LogP contribution in [0, 0.1) is 0 Å². The van der Waals surface area contributed by atoms with E-state index in [1.54, 1.807) is 20.0 Å². The lowest BCUT2D eigenvalue weighted by molar-refractivity contribution is -0.137. The lowest BCUT2D eigenvalue weighted by Crippen LogP contribution is -2.40. The van der Waals surface area contributed by atoms with Crippen molar-refractivity contribution in [1.29, 1.82) is 0 Å². The Hall–Kier alpha value is -4.16. The van der Waals surface area contributed by atoms with Crippen molar-refractivity contribution in [3.8, 4) is 0 Å². The fourth-order valence-electron chi connectivity index (χ4n) is 4.73. The van der Waals surface area contributed by atoms with Crippen molar-refractivity contribution in [1.82, 2.24) is 19.4 Å². The summed E-state index contributed by atoms with van der Waals surface area (Å²) >= 11 is 0. The Bertz CT molecular complexity index is 1460. The summed E-state index contributed by atoms with van der Waals surface area (Å²) in [5, 5.41) is 15.4. The van der Waals surface area contributed by atoms with Gasteiger partial charge in [0.2, 0.25) is 5.91 Å². The second-order valence-electron chi connectivity index (χ2n) is 9.38. The Morgan fingerprint density at radius 2 is 1.92 bits per heavy atom. The lowest BCUT2D eigenvalue weighted by Gasteiger charge is -2.31. The average Bonchev–Trinajstić information content (AvgIpc) is 2.85. The molecule has 1 saturated heterocycles. The molecule has 0 aliphatic carbocycles. The molecule has 10 nitrogen and oxygen atoms in total. The Kier molecular flexibility index (Phi) is 7.29. The first-order valence-electron chi connectivity index (χ1n) is 11.9. The number of amides is 2. The topological polar surface area (TPSA) is 129 Å². The Labute approximate surface area is 215 Å². The number of halogens is 3. The first-order chi connectivity index (χ1) is 17.8. The van der Waals surface area contributed by atoms with Gasteiger partial charge in [0.05, 0.1) is 17.0 Å². The summed E-state index contributed by atoms with van der Waals surface area (Å²) in [5.74, 6) is -0.531. The highest BCUT2D eigenvalue weighted by atomic mass is 19.4. The highest BCUT2D eigenvalue weighted by molar-refractivity contribution is 5.89. The maximum absolute atomic E-state index is 13.5. The van der Waals surface area contributed by atoms with Gasteiger partial charge in [-0.05, 0) is 49.6 Å². The van der Waals surface area contributed by atoms with Crippen LogP contribution in [-0.2, 0) is 18.0 Å². The predicted octanol–water partition coefficient (Wildman–Crippen LogP) is 4.34. The molecule has 1 aliphatic heterocycles. The minimum atomic E-state index is -4.62. The van der Waals surface area contributed by atoms with Gasteiger partial charge in [0, 0.05) is 44.2 Å². The van der Waals surface area contributed by atoms with Gasteiger partial charge in [0.25, 0.3) is 5.56 Å². The van der Waals surface area contributed by atoms with Crippen molar-refractivity contribution in [3.63, 3.8) is 0 Å². The normalized spacial score (nSPS) is 16.8. The van der Waals surface area contributed by atoms with E-state index >= 15 is 0 Å². The molecule has 0 radical (unpaired) electrons. The molecular formula is C25H27F3N6O4. The van der Waals surface area contributed by atoms with Crippen LogP contribution in [0.25, 0.3) is 11.0 Å². The van der Waals surface area contributed by atoms with Crippen molar-refractivity contribution in [2.75, 3.05) is 23.7 Å². The molecule has 3 heterocycles. The van der Waals surface area contributed by atoms with Crippen LogP contribution in [0.1, 0.15) is 55.3 Å². The maximum Gasteiger partial charge on any atom is 0.416 e. The van der Waals surface area contributed by atoms with Crippen molar-refractivity contribution in [3.05, 3.63) is 57.6 Å². The van der Waals surface area contributed by atoms with E-state index in [1.165, 1.54) is 28.8 Å². The van der Waals surface area contributed by atoms with E-state index < -0.39 is 29.8 Å². The van der Waals surface area contributed by atoms with Gasteiger partial charge in [-0.15, -0.1) is 0 Å². The molecule has 38 heavy (non-hydrogen) atoms. The minimum absolute atomic E-state index is 0.00786. The summed E-state index contributed by atoms with van der Waals surface area (Å²) in [6.45, 7) is 3.43. The molecular weight excluding hydrogens is 505 g/mol. The largest absolute Gasteiger partial charge is 0.465 e. The van der Waals surface area contributed by atoms with E-state index in [-0.39, 0.29) is 29.3 Å². The number of alkyl halides is 3. The second kappa shape index (κ2) is 10.3. The van der Waals surface area contributed by atoms with Gasteiger partial charge < -0.3 is 20.6 Å². The van der Waals surface area contributed by atoms with Gasteiger partial charge in [-0.25, -0.2) is 14.8 Å². The summed E-state index contributed by atoms with van der Waals surface area (Å²) in [4.78, 5) is 45.9. The zero-order chi connectivity index (χ0) is 27.8. The van der Waals surface area contributed by atoms with E-state index in [9.17, 15) is 32.7 Å². The van der Waals surface area contributed by atoms with E-state index in [4.69, 9.17) is 0 Å². The van der Waals surface area contributed by atoms with Crippen molar-refractivity contribution in [2.24, 2.45) is 7.05 Å². The van der Waals surface area contributed by atoms with Crippen molar-refractivity contribution in [2.45, 2.75) is 44.8 Å². The fourth-order valence-corrected chi connectivity index (χ4v) is 4.73. The molecule has 3 N–H and O–H groups in total. The van der Waals surface area contributed by atoms with Crippen LogP contribution in [0.4, 0.5) is 29.5 Å². The van der Waals surface area contributed by atoms with Gasteiger partial charge in [-0.1, -0.05) is 0 Å². The van der Waals surface area contributed by atoms with Gasteiger partial charge in [-0.3, -0.25) is 14.2 Å². The van der Waals surface area contributed by atoms with Gasteiger partial charge in [-0.2, -0.15) is 13.2 Å². The summed E-state index contributed by atoms with van der Waals surface area (Å²) in [6.07, 6.45) is -3.18. The number of hydrogen-bond donors (Lipinski definition) is 3. The molecule has 1 aliphatic rings. The molecule has 1 fully saturated rings. The molecule has 4 rings (SSSR count). The monoisotopic (exact) mass is 532 g/mol. The quantitative estimate of drug-likeness (QED) is 0.446. The number of benzene rings is 1. The molecule has 202 valence electrons. The van der Waals surface area contributed by atoms with Crippen LogP contribution >= 0.6 is 0 Å². The van der Waals surface area contributed by atoms with Crippen molar-refractivity contribution >= 4 is 34.5 Å². The highest BCUT2D eigenvalue weighted by Gasteiger charge is 2.32. The van der Waals surface area contributed by atoms with Crippen LogP contribution in [0.2, 0.25) is 0 Å². The Balaban J connectivity index is 1.74.